The quantitative estimate of drug-likeness (QED) is 0.362. The Kier molecular flexibility index (Phi) is 5.78. The molecule has 31 heavy (non-hydrogen) atoms. The summed E-state index contributed by atoms with van der Waals surface area (Å²) >= 11 is 0. The number of aryl methyl sites for hydroxylation is 2. The standard InChI is InChI=1S/C26H24N2O2S/c1-19-3-7-21(8-4-19)27-23-11-15-25(16-12-23)31(29,30)26-17-13-24(14-18-26)28-22-9-5-20(2)6-10-22/h3-18,27-28H,1-2H3. The van der Waals surface area contributed by atoms with Crippen LogP contribution in [-0.4, -0.2) is 8.42 Å². The Labute approximate surface area is 183 Å². The van der Waals surface area contributed by atoms with Gasteiger partial charge in [0.05, 0.1) is 9.79 Å². The third-order valence-electron chi connectivity index (χ3n) is 5.01. The Balaban J connectivity index is 1.48. The number of rotatable bonds is 6. The molecule has 0 spiro atoms. The van der Waals surface area contributed by atoms with Crippen LogP contribution in [0.1, 0.15) is 11.1 Å². The third-order valence-corrected chi connectivity index (χ3v) is 6.80. The van der Waals surface area contributed by atoms with E-state index in [0.717, 1.165) is 22.7 Å². The smallest absolute Gasteiger partial charge is 0.206 e. The maximum absolute atomic E-state index is 13.0. The first-order valence-corrected chi connectivity index (χ1v) is 11.5. The largest absolute Gasteiger partial charge is 0.356 e. The van der Waals surface area contributed by atoms with E-state index < -0.39 is 9.84 Å². The fourth-order valence-electron chi connectivity index (χ4n) is 3.18. The molecule has 4 aromatic carbocycles. The fourth-order valence-corrected chi connectivity index (χ4v) is 4.44. The lowest BCUT2D eigenvalue weighted by Crippen LogP contribution is -2.02. The van der Waals surface area contributed by atoms with E-state index in [4.69, 9.17) is 0 Å². The van der Waals surface area contributed by atoms with Crippen molar-refractivity contribution in [3.05, 3.63) is 108 Å². The van der Waals surface area contributed by atoms with Crippen LogP contribution in [0.25, 0.3) is 0 Å². The van der Waals surface area contributed by atoms with Gasteiger partial charge in [0, 0.05) is 22.7 Å². The molecule has 0 aromatic heterocycles. The van der Waals surface area contributed by atoms with E-state index in [-0.39, 0.29) is 9.79 Å². The van der Waals surface area contributed by atoms with Gasteiger partial charge in [0.15, 0.2) is 0 Å². The van der Waals surface area contributed by atoms with Crippen LogP contribution in [-0.2, 0) is 9.84 Å². The number of anilines is 4. The van der Waals surface area contributed by atoms with Gasteiger partial charge in [-0.2, -0.15) is 0 Å². The van der Waals surface area contributed by atoms with Crippen molar-refractivity contribution in [2.24, 2.45) is 0 Å². The van der Waals surface area contributed by atoms with Crippen molar-refractivity contribution in [1.82, 2.24) is 0 Å². The van der Waals surface area contributed by atoms with Gasteiger partial charge in [-0.3, -0.25) is 0 Å². The molecule has 0 fully saturated rings. The molecule has 0 saturated heterocycles. The van der Waals surface area contributed by atoms with E-state index in [9.17, 15) is 8.42 Å². The summed E-state index contributed by atoms with van der Waals surface area (Å²) < 4.78 is 26.0. The molecular weight excluding hydrogens is 404 g/mol. The molecule has 0 aliphatic heterocycles. The second-order valence-corrected chi connectivity index (χ2v) is 9.48. The second-order valence-electron chi connectivity index (χ2n) is 7.53. The van der Waals surface area contributed by atoms with Gasteiger partial charge in [0.25, 0.3) is 0 Å². The van der Waals surface area contributed by atoms with E-state index in [1.54, 1.807) is 48.5 Å². The summed E-state index contributed by atoms with van der Waals surface area (Å²) in [4.78, 5) is 0.530. The zero-order chi connectivity index (χ0) is 21.8. The van der Waals surface area contributed by atoms with Gasteiger partial charge < -0.3 is 10.6 Å². The number of sulfone groups is 1. The van der Waals surface area contributed by atoms with Gasteiger partial charge in [0.2, 0.25) is 9.84 Å². The SMILES string of the molecule is Cc1ccc(Nc2ccc(S(=O)(=O)c3ccc(Nc4ccc(C)cc4)cc3)cc2)cc1. The van der Waals surface area contributed by atoms with E-state index in [1.807, 2.05) is 62.4 Å². The van der Waals surface area contributed by atoms with Gasteiger partial charge in [0.1, 0.15) is 0 Å². The molecular formula is C26H24N2O2S. The molecule has 156 valence electrons. The van der Waals surface area contributed by atoms with E-state index in [2.05, 4.69) is 10.6 Å². The number of benzene rings is 4. The number of hydrogen-bond acceptors (Lipinski definition) is 4. The van der Waals surface area contributed by atoms with Crippen molar-refractivity contribution in [1.29, 1.82) is 0 Å². The zero-order valence-electron chi connectivity index (χ0n) is 17.5. The average molecular weight is 429 g/mol. The molecule has 0 radical (unpaired) electrons. The number of hydrogen-bond donors (Lipinski definition) is 2. The summed E-state index contributed by atoms with van der Waals surface area (Å²) in [5, 5.41) is 6.56. The van der Waals surface area contributed by atoms with Gasteiger partial charge in [-0.15, -0.1) is 0 Å². The van der Waals surface area contributed by atoms with Crippen LogP contribution in [0.5, 0.6) is 0 Å². The second kappa shape index (κ2) is 8.66. The van der Waals surface area contributed by atoms with Crippen molar-refractivity contribution in [3.8, 4) is 0 Å². The van der Waals surface area contributed by atoms with Gasteiger partial charge in [-0.05, 0) is 86.6 Å². The predicted octanol–water partition coefficient (Wildman–Crippen LogP) is 6.62. The molecule has 0 unspecified atom stereocenters. The highest BCUT2D eigenvalue weighted by Crippen LogP contribution is 2.26. The molecule has 0 bridgehead atoms. The van der Waals surface area contributed by atoms with Crippen LogP contribution in [0.4, 0.5) is 22.7 Å². The molecule has 0 aliphatic rings. The van der Waals surface area contributed by atoms with Crippen molar-refractivity contribution < 1.29 is 8.42 Å². The Bertz CT molecular complexity index is 1160. The topological polar surface area (TPSA) is 58.2 Å². The highest BCUT2D eigenvalue weighted by molar-refractivity contribution is 7.91. The van der Waals surface area contributed by atoms with E-state index >= 15 is 0 Å². The first kappa shape index (κ1) is 20.7. The summed E-state index contributed by atoms with van der Waals surface area (Å²) in [6, 6.07) is 29.7. The summed E-state index contributed by atoms with van der Waals surface area (Å²) in [5.41, 5.74) is 5.95. The fraction of sp³-hybridized carbons (Fsp3) is 0.0769. The first-order valence-electron chi connectivity index (χ1n) is 10.0. The minimum absolute atomic E-state index is 0.265. The molecule has 4 aromatic rings. The Morgan fingerprint density at radius 1 is 0.452 bits per heavy atom. The minimum Gasteiger partial charge on any atom is -0.356 e. The molecule has 4 nitrogen and oxygen atoms in total. The van der Waals surface area contributed by atoms with Crippen LogP contribution < -0.4 is 10.6 Å². The third kappa shape index (κ3) is 4.95. The minimum atomic E-state index is -3.59. The zero-order valence-corrected chi connectivity index (χ0v) is 18.3. The maximum atomic E-state index is 13.0. The number of nitrogens with one attached hydrogen (secondary N) is 2. The molecule has 0 heterocycles. The van der Waals surface area contributed by atoms with Crippen molar-refractivity contribution in [3.63, 3.8) is 0 Å². The molecule has 0 saturated carbocycles. The summed E-state index contributed by atoms with van der Waals surface area (Å²) in [5.74, 6) is 0. The molecule has 0 atom stereocenters. The Hall–Kier alpha value is -3.57. The van der Waals surface area contributed by atoms with Crippen LogP contribution in [0.3, 0.4) is 0 Å². The summed E-state index contributed by atoms with van der Waals surface area (Å²) in [7, 11) is -3.59. The van der Waals surface area contributed by atoms with Crippen LogP contribution in [0, 0.1) is 13.8 Å². The highest BCUT2D eigenvalue weighted by atomic mass is 32.2. The lowest BCUT2D eigenvalue weighted by Gasteiger charge is -2.10. The monoisotopic (exact) mass is 428 g/mol. The molecule has 0 amide bonds. The van der Waals surface area contributed by atoms with E-state index in [1.165, 1.54) is 11.1 Å². The molecule has 4 rings (SSSR count). The van der Waals surface area contributed by atoms with E-state index in [0.29, 0.717) is 0 Å². The Morgan fingerprint density at radius 3 is 1.00 bits per heavy atom. The van der Waals surface area contributed by atoms with Gasteiger partial charge in [-0.1, -0.05) is 35.4 Å². The normalized spacial score (nSPS) is 11.2. The molecule has 5 heteroatoms. The Morgan fingerprint density at radius 2 is 0.710 bits per heavy atom. The maximum Gasteiger partial charge on any atom is 0.206 e. The van der Waals surface area contributed by atoms with Crippen LogP contribution in [0.2, 0.25) is 0 Å². The lowest BCUT2D eigenvalue weighted by atomic mass is 10.2. The van der Waals surface area contributed by atoms with Crippen LogP contribution >= 0.6 is 0 Å². The average Bonchev–Trinajstić information content (AvgIpc) is 2.78. The van der Waals surface area contributed by atoms with Gasteiger partial charge >= 0.3 is 0 Å². The summed E-state index contributed by atoms with van der Waals surface area (Å²) in [6.07, 6.45) is 0. The van der Waals surface area contributed by atoms with Crippen molar-refractivity contribution in [2.45, 2.75) is 23.6 Å². The molecule has 2 N–H and O–H groups in total. The van der Waals surface area contributed by atoms with Crippen LogP contribution in [0.15, 0.2) is 107 Å². The van der Waals surface area contributed by atoms with Crippen molar-refractivity contribution >= 4 is 32.6 Å². The van der Waals surface area contributed by atoms with Gasteiger partial charge in [-0.25, -0.2) is 8.42 Å². The molecule has 0 aliphatic carbocycles. The highest BCUT2D eigenvalue weighted by Gasteiger charge is 2.17. The first-order chi connectivity index (χ1) is 14.9. The predicted molar refractivity (Wildman–Crippen MR) is 127 cm³/mol. The van der Waals surface area contributed by atoms with Crippen molar-refractivity contribution in [2.75, 3.05) is 10.6 Å². The summed E-state index contributed by atoms with van der Waals surface area (Å²) in [6.45, 7) is 4.07. The lowest BCUT2D eigenvalue weighted by molar-refractivity contribution is 0.596.